The number of fused-ring (bicyclic) bond motifs is 3. The maximum Gasteiger partial charge on any atom is 0.141 e. The number of benzene rings is 6. The van der Waals surface area contributed by atoms with Gasteiger partial charge in [-0.1, -0.05) is 188 Å². The fourth-order valence-electron chi connectivity index (χ4n) is 8.94. The van der Waals surface area contributed by atoms with Gasteiger partial charge in [-0.3, -0.25) is 0 Å². The summed E-state index contributed by atoms with van der Waals surface area (Å²) in [7, 11) is 7.15. The molecule has 0 N–H and O–H groups in total. The smallest absolute Gasteiger partial charge is 0.141 e. The van der Waals surface area contributed by atoms with E-state index in [-0.39, 0.29) is 25.5 Å². The van der Waals surface area contributed by atoms with Crippen molar-refractivity contribution in [2.75, 3.05) is 0 Å². The number of hydrogen-bond donors (Lipinski definition) is 0. The van der Waals surface area contributed by atoms with Crippen LogP contribution in [0.5, 0.6) is 0 Å². The van der Waals surface area contributed by atoms with Crippen LogP contribution < -0.4 is 14.3 Å². The fourth-order valence-corrected chi connectivity index (χ4v) is 10.7. The molecule has 9 rings (SSSR count). The summed E-state index contributed by atoms with van der Waals surface area (Å²) in [6.07, 6.45) is 4.28. The van der Waals surface area contributed by atoms with Crippen LogP contribution in [0, 0.1) is 33.9 Å². The van der Waals surface area contributed by atoms with Crippen LogP contribution in [0.4, 0.5) is 0 Å². The molecule has 3 heterocycles. The predicted octanol–water partition coefficient (Wildman–Crippen LogP) is 15.4. The second-order valence-corrected chi connectivity index (χ2v) is 25.3. The number of furan rings is 1. The molecule has 9 aromatic rings. The van der Waals surface area contributed by atoms with Gasteiger partial charge in [0, 0.05) is 50.5 Å². The molecular formula is C62H64IrN2OSi-2. The van der Waals surface area contributed by atoms with Crippen LogP contribution in [-0.2, 0) is 25.5 Å². The second-order valence-electron chi connectivity index (χ2n) is 20.2. The number of aromatic nitrogens is 2. The summed E-state index contributed by atoms with van der Waals surface area (Å²) < 4.78 is 10.7. The Labute approximate surface area is 414 Å². The summed E-state index contributed by atoms with van der Waals surface area (Å²) >= 11 is 0. The van der Waals surface area contributed by atoms with Crippen molar-refractivity contribution in [1.29, 1.82) is 0 Å². The van der Waals surface area contributed by atoms with E-state index < -0.39 is 8.07 Å². The van der Waals surface area contributed by atoms with Crippen molar-refractivity contribution in [2.24, 2.45) is 5.92 Å². The molecule has 67 heavy (non-hydrogen) atoms. The molecular weight excluding hydrogens is 1010 g/mol. The molecule has 3 nitrogen and oxygen atoms in total. The van der Waals surface area contributed by atoms with Gasteiger partial charge in [0.1, 0.15) is 5.58 Å². The van der Waals surface area contributed by atoms with Crippen LogP contribution in [0.15, 0.2) is 168 Å². The van der Waals surface area contributed by atoms with Gasteiger partial charge in [0.25, 0.3) is 0 Å². The van der Waals surface area contributed by atoms with Gasteiger partial charge < -0.3 is 13.6 Å². The third-order valence-corrected chi connectivity index (χ3v) is 15.2. The van der Waals surface area contributed by atoms with Gasteiger partial charge in [-0.15, -0.1) is 23.8 Å². The maximum atomic E-state index is 6.72. The number of nitrogens with zero attached hydrogens (tertiary/aromatic N) is 2. The first-order chi connectivity index (χ1) is 31.4. The minimum Gasteiger partial charge on any atom is -0.469 e. The van der Waals surface area contributed by atoms with Crippen molar-refractivity contribution in [3.05, 3.63) is 214 Å². The van der Waals surface area contributed by atoms with E-state index >= 15 is 0 Å². The van der Waals surface area contributed by atoms with Gasteiger partial charge in [-0.05, 0) is 61.9 Å². The molecule has 343 valence electrons. The third-order valence-electron chi connectivity index (χ3n) is 13.2. The fraction of sp³-hybridized carbons (Fsp3) is 0.194. The minimum atomic E-state index is -1.50. The van der Waals surface area contributed by atoms with Crippen LogP contribution >= 0.6 is 0 Å². The average Bonchev–Trinajstić information content (AvgIpc) is 3.68. The number of hydrogen-bond acceptors (Lipinski definition) is 1. The molecule has 1 unspecified atom stereocenters. The molecule has 0 aliphatic rings. The third kappa shape index (κ3) is 10.1. The topological polar surface area (TPSA) is 20.9 Å². The Morgan fingerprint density at radius 2 is 1.12 bits per heavy atom. The van der Waals surface area contributed by atoms with Crippen molar-refractivity contribution in [2.45, 2.75) is 72.5 Å². The zero-order valence-electron chi connectivity index (χ0n) is 40.7. The molecule has 0 amide bonds. The van der Waals surface area contributed by atoms with Crippen molar-refractivity contribution in [3.63, 3.8) is 0 Å². The predicted molar refractivity (Wildman–Crippen MR) is 283 cm³/mol. The Morgan fingerprint density at radius 1 is 0.537 bits per heavy atom. The summed E-state index contributed by atoms with van der Waals surface area (Å²) in [6, 6.07) is 53.5. The molecule has 6 aromatic carbocycles. The first kappa shape index (κ1) is 48.7. The number of pyridine rings is 2. The van der Waals surface area contributed by atoms with E-state index in [1.807, 2.05) is 16.8 Å². The maximum absolute atomic E-state index is 6.72. The van der Waals surface area contributed by atoms with Gasteiger partial charge in [0.15, 0.2) is 0 Å². The summed E-state index contributed by atoms with van der Waals surface area (Å²) in [4.78, 5) is 0. The monoisotopic (exact) mass is 1070 g/mol. The van der Waals surface area contributed by atoms with Gasteiger partial charge in [-0.2, -0.15) is 37.1 Å². The van der Waals surface area contributed by atoms with Crippen LogP contribution in [0.25, 0.3) is 77.8 Å². The van der Waals surface area contributed by atoms with Crippen LogP contribution in [0.3, 0.4) is 0 Å². The normalized spacial score (nSPS) is 12.1. The van der Waals surface area contributed by atoms with Crippen LogP contribution in [0.1, 0.15) is 69.7 Å². The summed E-state index contributed by atoms with van der Waals surface area (Å²) in [6.45, 7) is 29.6. The van der Waals surface area contributed by atoms with Crippen molar-refractivity contribution in [3.8, 4) is 55.9 Å². The summed E-state index contributed by atoms with van der Waals surface area (Å²) in [5.41, 5.74) is 17.7. The van der Waals surface area contributed by atoms with E-state index in [0.717, 1.165) is 77.8 Å². The number of para-hydroxylation sites is 1. The molecule has 0 aliphatic heterocycles. The molecule has 5 heteroatoms. The quantitative estimate of drug-likeness (QED) is 0.0844. The molecule has 0 fully saturated rings. The van der Waals surface area contributed by atoms with Gasteiger partial charge in [0.2, 0.25) is 0 Å². The van der Waals surface area contributed by atoms with Crippen LogP contribution in [-0.4, -0.2) is 8.07 Å². The first-order valence-electron chi connectivity index (χ1n) is 23.2. The molecule has 3 aromatic heterocycles. The number of rotatable bonds is 8. The van der Waals surface area contributed by atoms with E-state index in [0.29, 0.717) is 11.8 Å². The Hall–Kier alpha value is -6.23. The summed E-state index contributed by atoms with van der Waals surface area (Å²) in [5.74, 6) is 1.09. The van der Waals surface area contributed by atoms with E-state index in [1.54, 1.807) is 0 Å². The van der Waals surface area contributed by atoms with E-state index in [1.165, 1.54) is 27.4 Å². The van der Waals surface area contributed by atoms with Crippen LogP contribution in [0.2, 0.25) is 19.6 Å². The van der Waals surface area contributed by atoms with Crippen molar-refractivity contribution >= 4 is 35.2 Å². The zero-order valence-corrected chi connectivity index (χ0v) is 44.1. The SMILES string of the molecule is [CH2-]c1ccc(-c2ccccc2)cc1-c1cc(C(C)C(C)C)c([Si](C)(C)C)c[n+]1[CH2-].[CH2-]c1ccc2c(oc3c(-c4ccc(C(C)(C)C)cc4)cccc32)c1-c1cc(-c2ccccc2)cc[n+]1[CH2-].[Ir]. The van der Waals surface area contributed by atoms with Gasteiger partial charge >= 0.3 is 0 Å². The Kier molecular flexibility index (Phi) is 14.2. The average molecular weight is 1070 g/mol. The largest absolute Gasteiger partial charge is 0.469 e. The zero-order chi connectivity index (χ0) is 47.1. The van der Waals surface area contributed by atoms with E-state index in [2.05, 4.69) is 245 Å². The Balaban J connectivity index is 0.000000202. The molecule has 1 atom stereocenters. The molecule has 0 bridgehead atoms. The first-order valence-corrected chi connectivity index (χ1v) is 26.7. The molecule has 0 saturated carbocycles. The van der Waals surface area contributed by atoms with Gasteiger partial charge in [0.05, 0.1) is 37.4 Å². The van der Waals surface area contributed by atoms with Crippen molar-refractivity contribution in [1.82, 2.24) is 0 Å². The standard InChI is InChI=1S/C35H30NO.C27H34NSi.Ir/c1-23-14-19-30-29-13-9-12-28(25-15-17-27(18-16-25)35(2,3)4)33(29)37-34(30)32(23)31-22-26(20-21-36(31)5)24-10-7-6-8-11-24;1-19(2)21(4)25-17-26(28(5)18-27(25)29(6,7)8)24-16-23(15-14-20(24)3)22-12-10-9-11-13-22;/h6-22H,1,5H2,2-4H3;9-19,21H,3,5H2,1-2,4,6-8H3;/q2*-1;. The second kappa shape index (κ2) is 19.5. The van der Waals surface area contributed by atoms with Gasteiger partial charge in [-0.25, -0.2) is 0 Å². The molecule has 0 saturated heterocycles. The molecule has 0 aliphatic carbocycles. The molecule has 0 spiro atoms. The molecule has 1 radical (unpaired) electrons. The van der Waals surface area contributed by atoms with E-state index in [4.69, 9.17) is 4.42 Å². The Morgan fingerprint density at radius 3 is 1.72 bits per heavy atom. The Bertz CT molecular complexity index is 3170. The van der Waals surface area contributed by atoms with E-state index in [9.17, 15) is 0 Å². The summed E-state index contributed by atoms with van der Waals surface area (Å²) in [5, 5.41) is 3.68. The van der Waals surface area contributed by atoms with Crippen molar-refractivity contribution < 1.29 is 33.7 Å². The minimum absolute atomic E-state index is 0.